The molecule has 0 bridgehead atoms. The lowest BCUT2D eigenvalue weighted by Gasteiger charge is -2.29. The van der Waals surface area contributed by atoms with Gasteiger partial charge in [-0.15, -0.1) is 0 Å². The summed E-state index contributed by atoms with van der Waals surface area (Å²) in [5.41, 5.74) is 1.17. The Kier molecular flexibility index (Phi) is 5.72. The molecule has 0 spiro atoms. The summed E-state index contributed by atoms with van der Waals surface area (Å²) in [6.07, 6.45) is 6.54. The normalized spacial score (nSPS) is 22.6. The van der Waals surface area contributed by atoms with Crippen molar-refractivity contribution < 1.29 is 9.47 Å². The van der Waals surface area contributed by atoms with E-state index in [4.69, 9.17) is 9.47 Å². The van der Waals surface area contributed by atoms with E-state index in [1.54, 1.807) is 7.11 Å². The first kappa shape index (κ1) is 15.2. The Bertz CT molecular complexity index is 411. The maximum Gasteiger partial charge on any atom is 0.166 e. The summed E-state index contributed by atoms with van der Waals surface area (Å²) < 4.78 is 11.8. The van der Waals surface area contributed by atoms with Crippen molar-refractivity contribution in [1.82, 2.24) is 5.32 Å². The van der Waals surface area contributed by atoms with E-state index < -0.39 is 0 Å². The second-order valence-electron chi connectivity index (χ2n) is 5.65. The summed E-state index contributed by atoms with van der Waals surface area (Å²) in [5.74, 6) is 2.66. The molecule has 1 saturated carbocycles. The van der Waals surface area contributed by atoms with Gasteiger partial charge in [0.15, 0.2) is 11.5 Å². The Balaban J connectivity index is 2.07. The third-order valence-corrected chi connectivity index (χ3v) is 4.30. The number of benzene rings is 1. The van der Waals surface area contributed by atoms with Crippen LogP contribution < -0.4 is 14.8 Å². The molecule has 0 aliphatic heterocycles. The Morgan fingerprint density at radius 1 is 1.20 bits per heavy atom. The number of hydrogen-bond donors (Lipinski definition) is 1. The Morgan fingerprint density at radius 2 is 1.95 bits per heavy atom. The highest BCUT2D eigenvalue weighted by Gasteiger charge is 2.23. The molecule has 1 aliphatic rings. The van der Waals surface area contributed by atoms with Crippen molar-refractivity contribution in [3.63, 3.8) is 0 Å². The van der Waals surface area contributed by atoms with Gasteiger partial charge in [0.1, 0.15) is 0 Å². The van der Waals surface area contributed by atoms with E-state index in [0.29, 0.717) is 6.10 Å². The maximum absolute atomic E-state index is 6.29. The summed E-state index contributed by atoms with van der Waals surface area (Å²) in [5, 5.41) is 3.19. The third kappa shape index (κ3) is 3.66. The second kappa shape index (κ2) is 7.53. The summed E-state index contributed by atoms with van der Waals surface area (Å²) in [4.78, 5) is 0. The van der Waals surface area contributed by atoms with Gasteiger partial charge < -0.3 is 14.8 Å². The zero-order chi connectivity index (χ0) is 14.4. The monoisotopic (exact) mass is 277 g/mol. The largest absolute Gasteiger partial charge is 0.493 e. The maximum atomic E-state index is 6.29. The van der Waals surface area contributed by atoms with Crippen LogP contribution in [0.25, 0.3) is 0 Å². The van der Waals surface area contributed by atoms with Crippen LogP contribution in [0.3, 0.4) is 0 Å². The zero-order valence-electron chi connectivity index (χ0n) is 12.9. The van der Waals surface area contributed by atoms with Crippen LogP contribution >= 0.6 is 0 Å². The molecule has 1 aromatic carbocycles. The van der Waals surface area contributed by atoms with Crippen molar-refractivity contribution in [2.45, 2.75) is 51.7 Å². The van der Waals surface area contributed by atoms with E-state index in [9.17, 15) is 0 Å². The Morgan fingerprint density at radius 3 is 2.55 bits per heavy atom. The first-order valence-electron chi connectivity index (χ1n) is 7.75. The van der Waals surface area contributed by atoms with Crippen LogP contribution in [0, 0.1) is 5.92 Å². The van der Waals surface area contributed by atoms with E-state index >= 15 is 0 Å². The number of rotatable bonds is 6. The summed E-state index contributed by atoms with van der Waals surface area (Å²) in [6, 6.07) is 6.10. The van der Waals surface area contributed by atoms with Gasteiger partial charge in [-0.2, -0.15) is 0 Å². The summed E-state index contributed by atoms with van der Waals surface area (Å²) in [6.45, 7) is 3.09. The molecule has 0 amide bonds. The molecular formula is C17H27NO2. The van der Waals surface area contributed by atoms with Gasteiger partial charge in [-0.25, -0.2) is 0 Å². The number of methoxy groups -OCH3 is 1. The highest BCUT2D eigenvalue weighted by molar-refractivity contribution is 5.46. The van der Waals surface area contributed by atoms with Crippen LogP contribution in [-0.2, 0) is 6.54 Å². The Hall–Kier alpha value is -1.22. The highest BCUT2D eigenvalue weighted by atomic mass is 16.5. The molecule has 1 aliphatic carbocycles. The van der Waals surface area contributed by atoms with Gasteiger partial charge in [-0.05, 0) is 44.7 Å². The van der Waals surface area contributed by atoms with Crippen molar-refractivity contribution in [2.75, 3.05) is 14.2 Å². The fourth-order valence-corrected chi connectivity index (χ4v) is 3.01. The first-order chi connectivity index (χ1) is 9.78. The van der Waals surface area contributed by atoms with Crippen molar-refractivity contribution >= 4 is 0 Å². The van der Waals surface area contributed by atoms with Crippen LogP contribution in [-0.4, -0.2) is 20.3 Å². The molecule has 1 fully saturated rings. The number of nitrogens with one attached hydrogen (secondary N) is 1. The van der Waals surface area contributed by atoms with Gasteiger partial charge in [-0.1, -0.05) is 25.5 Å². The van der Waals surface area contributed by atoms with Gasteiger partial charge in [0, 0.05) is 12.1 Å². The van der Waals surface area contributed by atoms with Crippen LogP contribution in [0.5, 0.6) is 11.5 Å². The predicted octanol–water partition coefficient (Wildman–Crippen LogP) is 3.76. The second-order valence-corrected chi connectivity index (χ2v) is 5.65. The minimum absolute atomic E-state index is 0.338. The minimum Gasteiger partial charge on any atom is -0.493 e. The lowest BCUT2D eigenvalue weighted by molar-refractivity contribution is 0.124. The van der Waals surface area contributed by atoms with E-state index in [0.717, 1.165) is 36.8 Å². The molecule has 3 heteroatoms. The fourth-order valence-electron chi connectivity index (χ4n) is 3.01. The fraction of sp³-hybridized carbons (Fsp3) is 0.647. The quantitative estimate of drug-likeness (QED) is 0.858. The number of ether oxygens (including phenoxy) is 2. The van der Waals surface area contributed by atoms with Gasteiger partial charge in [0.05, 0.1) is 13.2 Å². The first-order valence-corrected chi connectivity index (χ1v) is 7.75. The average Bonchev–Trinajstić information content (AvgIpc) is 2.50. The van der Waals surface area contributed by atoms with Crippen molar-refractivity contribution in [2.24, 2.45) is 5.92 Å². The molecule has 0 atom stereocenters. The van der Waals surface area contributed by atoms with E-state index in [-0.39, 0.29) is 0 Å². The molecule has 0 heterocycles. The zero-order valence-corrected chi connectivity index (χ0v) is 12.9. The minimum atomic E-state index is 0.338. The van der Waals surface area contributed by atoms with E-state index in [1.807, 2.05) is 19.2 Å². The lowest BCUT2D eigenvalue weighted by Crippen LogP contribution is -2.24. The number of hydrogen-bond acceptors (Lipinski definition) is 3. The van der Waals surface area contributed by atoms with Gasteiger partial charge in [-0.3, -0.25) is 0 Å². The SMILES string of the molecule is CCC1CCC(Oc2c(CNC)cccc2OC)CC1. The highest BCUT2D eigenvalue weighted by Crippen LogP contribution is 2.35. The molecule has 0 unspecified atom stereocenters. The number of para-hydroxylation sites is 1. The van der Waals surface area contributed by atoms with Crippen molar-refractivity contribution in [3.8, 4) is 11.5 Å². The van der Waals surface area contributed by atoms with E-state index in [1.165, 1.54) is 24.8 Å². The molecule has 1 aromatic rings. The summed E-state index contributed by atoms with van der Waals surface area (Å²) in [7, 11) is 3.66. The third-order valence-electron chi connectivity index (χ3n) is 4.30. The standard InChI is InChI=1S/C17H27NO2/c1-4-13-8-10-15(11-9-13)20-17-14(12-18-2)6-5-7-16(17)19-3/h5-7,13,15,18H,4,8-12H2,1-3H3. The van der Waals surface area contributed by atoms with Crippen molar-refractivity contribution in [1.29, 1.82) is 0 Å². The summed E-state index contributed by atoms with van der Waals surface area (Å²) >= 11 is 0. The molecule has 1 N–H and O–H groups in total. The van der Waals surface area contributed by atoms with E-state index in [2.05, 4.69) is 18.3 Å². The lowest BCUT2D eigenvalue weighted by atomic mass is 9.86. The van der Waals surface area contributed by atoms with Gasteiger partial charge >= 0.3 is 0 Å². The molecule has 112 valence electrons. The average molecular weight is 277 g/mol. The molecule has 20 heavy (non-hydrogen) atoms. The molecule has 0 saturated heterocycles. The predicted molar refractivity (Wildman–Crippen MR) is 82.4 cm³/mol. The Labute approximate surface area is 122 Å². The van der Waals surface area contributed by atoms with Crippen molar-refractivity contribution in [3.05, 3.63) is 23.8 Å². The van der Waals surface area contributed by atoms with Crippen LogP contribution in [0.1, 0.15) is 44.6 Å². The smallest absolute Gasteiger partial charge is 0.166 e. The topological polar surface area (TPSA) is 30.5 Å². The molecule has 3 nitrogen and oxygen atoms in total. The molecule has 2 rings (SSSR count). The van der Waals surface area contributed by atoms with Crippen LogP contribution in [0.2, 0.25) is 0 Å². The molecule has 0 aromatic heterocycles. The van der Waals surface area contributed by atoms with Gasteiger partial charge in [0.25, 0.3) is 0 Å². The molecule has 0 radical (unpaired) electrons. The van der Waals surface area contributed by atoms with Gasteiger partial charge in [0.2, 0.25) is 0 Å². The van der Waals surface area contributed by atoms with Crippen LogP contribution in [0.15, 0.2) is 18.2 Å². The molecular weight excluding hydrogens is 250 g/mol. The van der Waals surface area contributed by atoms with Crippen LogP contribution in [0.4, 0.5) is 0 Å².